The fourth-order valence-electron chi connectivity index (χ4n) is 6.74. The highest BCUT2D eigenvalue weighted by molar-refractivity contribution is 8.06. The summed E-state index contributed by atoms with van der Waals surface area (Å²) in [6.07, 6.45) is 6.93. The van der Waals surface area contributed by atoms with E-state index < -0.39 is 17.5 Å². The van der Waals surface area contributed by atoms with Gasteiger partial charge in [-0.3, -0.25) is 4.79 Å². The summed E-state index contributed by atoms with van der Waals surface area (Å²) in [5.41, 5.74) is 6.38. The van der Waals surface area contributed by atoms with Gasteiger partial charge in [0.15, 0.2) is 5.60 Å². The highest BCUT2D eigenvalue weighted by atomic mass is 32.2. The van der Waals surface area contributed by atoms with Gasteiger partial charge in [-0.05, 0) is 88.6 Å². The Kier molecular flexibility index (Phi) is 13.2. The second kappa shape index (κ2) is 18.1. The van der Waals surface area contributed by atoms with Crippen molar-refractivity contribution in [1.82, 2.24) is 10.1 Å². The smallest absolute Gasteiger partial charge is 0.338 e. The molecule has 3 N–H and O–H groups in total. The highest BCUT2D eigenvalue weighted by Crippen LogP contribution is 2.45. The number of hydrogen-bond acceptors (Lipinski definition) is 11. The lowest BCUT2D eigenvalue weighted by atomic mass is 9.76. The topological polar surface area (TPSA) is 125 Å². The lowest BCUT2D eigenvalue weighted by Crippen LogP contribution is -2.42. The van der Waals surface area contributed by atoms with Crippen molar-refractivity contribution in [2.24, 2.45) is 5.10 Å². The molecule has 4 aromatic rings. The van der Waals surface area contributed by atoms with Crippen LogP contribution in [0.1, 0.15) is 106 Å². The summed E-state index contributed by atoms with van der Waals surface area (Å²) in [5.74, 6) is 0.0311. The molecule has 6 rings (SSSR count). The molecule has 0 saturated heterocycles. The molecule has 0 saturated carbocycles. The molecular weight excluding hydrogens is 751 g/mol. The maximum atomic E-state index is 13.9. The largest absolute Gasteiger partial charge is 0.495 e. The number of nitrogens with zero attached hydrogens (tertiary/aromatic N) is 3. The summed E-state index contributed by atoms with van der Waals surface area (Å²) in [6, 6.07) is 28.3. The van der Waals surface area contributed by atoms with Crippen molar-refractivity contribution >= 4 is 46.4 Å². The Bertz CT molecular complexity index is 2160. The van der Waals surface area contributed by atoms with E-state index in [0.717, 1.165) is 29.2 Å². The molecule has 0 aromatic heterocycles. The van der Waals surface area contributed by atoms with Crippen LogP contribution in [0.25, 0.3) is 4.91 Å². The summed E-state index contributed by atoms with van der Waals surface area (Å²) in [6.45, 7) is 14.2. The number of para-hydroxylation sites is 1. The van der Waals surface area contributed by atoms with Gasteiger partial charge in [0.1, 0.15) is 17.8 Å². The number of rotatable bonds is 17. The fourth-order valence-corrected chi connectivity index (χ4v) is 7.67. The van der Waals surface area contributed by atoms with Crippen LogP contribution in [0.2, 0.25) is 0 Å². The lowest BCUT2D eigenvalue weighted by Gasteiger charge is -2.34. The molecule has 1 unspecified atom stereocenters. The van der Waals surface area contributed by atoms with E-state index in [1.807, 2.05) is 53.5 Å². The fraction of sp³-hybridized carbons (Fsp3) is 0.370. The van der Waals surface area contributed by atoms with Gasteiger partial charge in [-0.2, -0.15) is 5.10 Å². The Hall–Kier alpha value is -5.30. The number of ether oxygens (including phenoxy) is 3. The molecule has 12 heteroatoms. The van der Waals surface area contributed by atoms with Crippen molar-refractivity contribution in [3.63, 3.8) is 0 Å². The Morgan fingerprint density at radius 3 is 2.36 bits per heavy atom. The van der Waals surface area contributed by atoms with Gasteiger partial charge < -0.3 is 24.6 Å². The molecule has 0 bridgehead atoms. The number of carbonyl (C=O) groups is 2. The predicted octanol–water partition coefficient (Wildman–Crippen LogP) is 9.49. The Morgan fingerprint density at radius 2 is 1.62 bits per heavy atom. The van der Waals surface area contributed by atoms with Crippen LogP contribution in [0.15, 0.2) is 102 Å². The van der Waals surface area contributed by atoms with Crippen molar-refractivity contribution < 1.29 is 28.9 Å². The van der Waals surface area contributed by atoms with E-state index in [4.69, 9.17) is 14.2 Å². The van der Waals surface area contributed by atoms with E-state index in [9.17, 15) is 14.7 Å². The van der Waals surface area contributed by atoms with Gasteiger partial charge in [0.2, 0.25) is 0 Å². The number of amides is 1. The molecule has 1 atom stereocenters. The van der Waals surface area contributed by atoms with E-state index in [-0.39, 0.29) is 35.2 Å². The minimum absolute atomic E-state index is 0.0252. The van der Waals surface area contributed by atoms with Gasteiger partial charge in [0, 0.05) is 34.4 Å². The summed E-state index contributed by atoms with van der Waals surface area (Å²) >= 11 is 1.38. The zero-order chi connectivity index (χ0) is 41.5. The van der Waals surface area contributed by atoms with Crippen molar-refractivity contribution in [2.75, 3.05) is 30.6 Å². The molecule has 0 radical (unpaired) electrons. The number of hydrogen-bond donors (Lipinski definition) is 3. The molecule has 1 aliphatic heterocycles. The van der Waals surface area contributed by atoms with Crippen LogP contribution in [0.5, 0.6) is 11.5 Å². The van der Waals surface area contributed by atoms with E-state index in [1.54, 1.807) is 35.1 Å². The number of hydrazone groups is 1. The average Bonchev–Trinajstić information content (AvgIpc) is 3.71. The van der Waals surface area contributed by atoms with Crippen LogP contribution in [0, 0.1) is 0 Å². The lowest BCUT2D eigenvalue weighted by molar-refractivity contribution is -0.134. The third kappa shape index (κ3) is 9.20. The normalized spacial score (nSPS) is 16.6. The SMILES string of the molecule is CCC(C)(C)c1ccc(OCCCCOC(=O)c2ccc(NC(=O)C3(O)CC=C(SN4NN=CN4c4ccccc4)c4ccccc43)c(OC)c2)c(C(C)(C)CC)c1. The number of aliphatic hydroxyl groups is 1. The number of methoxy groups -OCH3 is 1. The first-order valence-corrected chi connectivity index (χ1v) is 20.7. The zero-order valence-electron chi connectivity index (χ0n) is 34.5. The summed E-state index contributed by atoms with van der Waals surface area (Å²) in [4.78, 5) is 27.8. The van der Waals surface area contributed by atoms with Gasteiger partial charge in [-0.1, -0.05) is 102 Å². The number of fused-ring (bicyclic) bond motifs is 1. The van der Waals surface area contributed by atoms with Gasteiger partial charge >= 0.3 is 5.97 Å². The van der Waals surface area contributed by atoms with Crippen LogP contribution in [-0.4, -0.2) is 48.2 Å². The third-order valence-corrected chi connectivity index (χ3v) is 12.3. The van der Waals surface area contributed by atoms with Crippen molar-refractivity contribution in [3.05, 3.63) is 125 Å². The highest BCUT2D eigenvalue weighted by Gasteiger charge is 2.43. The second-order valence-electron chi connectivity index (χ2n) is 15.8. The molecule has 306 valence electrons. The van der Waals surface area contributed by atoms with Gasteiger partial charge in [0.05, 0.1) is 37.3 Å². The second-order valence-corrected chi connectivity index (χ2v) is 16.8. The monoisotopic (exact) mass is 805 g/mol. The number of hydrazine groups is 2. The molecule has 2 aliphatic rings. The minimum atomic E-state index is -1.87. The Labute approximate surface area is 346 Å². The molecule has 1 amide bonds. The summed E-state index contributed by atoms with van der Waals surface area (Å²) in [7, 11) is 1.46. The molecule has 11 nitrogen and oxygen atoms in total. The standard InChI is InChI=1S/C46H55N5O6S/c1-8-44(3,4)33-22-24-39(37(30-33)45(5,6)9-2)56-27-15-16-28-57-42(52)32-21-23-38(40(29-32)55-7)48-43(53)46(54)26-25-41(35-19-13-14-20-36(35)46)58-51-49-47-31-50(51)34-17-11-10-12-18-34/h10-14,17-25,29-31,49,54H,8-9,15-16,26-28H2,1-7H3,(H,48,53). The quantitative estimate of drug-likeness (QED) is 0.0540. The molecule has 1 heterocycles. The third-order valence-electron chi connectivity index (χ3n) is 11.3. The van der Waals surface area contributed by atoms with Crippen molar-refractivity contribution in [3.8, 4) is 11.5 Å². The number of carbonyl (C=O) groups excluding carboxylic acids is 2. The van der Waals surface area contributed by atoms with Crippen LogP contribution >= 0.6 is 11.9 Å². The number of anilines is 2. The van der Waals surface area contributed by atoms with Crippen LogP contribution < -0.4 is 25.3 Å². The number of nitrogens with one attached hydrogen (secondary N) is 2. The summed E-state index contributed by atoms with van der Waals surface area (Å²) in [5, 5.41) is 20.9. The molecule has 58 heavy (non-hydrogen) atoms. The van der Waals surface area contributed by atoms with E-state index in [0.29, 0.717) is 36.3 Å². The van der Waals surface area contributed by atoms with E-state index in [1.165, 1.54) is 36.3 Å². The van der Waals surface area contributed by atoms with Crippen LogP contribution in [0.4, 0.5) is 11.4 Å². The first-order chi connectivity index (χ1) is 27.8. The molecule has 1 aliphatic carbocycles. The summed E-state index contributed by atoms with van der Waals surface area (Å²) < 4.78 is 19.2. The molecule has 0 spiro atoms. The number of benzene rings is 4. The number of unbranched alkanes of at least 4 members (excludes halogenated alkanes) is 1. The number of esters is 1. The minimum Gasteiger partial charge on any atom is -0.495 e. The maximum Gasteiger partial charge on any atom is 0.338 e. The average molecular weight is 806 g/mol. The van der Waals surface area contributed by atoms with Crippen LogP contribution in [0.3, 0.4) is 0 Å². The van der Waals surface area contributed by atoms with Gasteiger partial charge in [-0.25, -0.2) is 15.3 Å². The van der Waals surface area contributed by atoms with Gasteiger partial charge in [-0.15, -0.1) is 0 Å². The van der Waals surface area contributed by atoms with Crippen LogP contribution in [-0.2, 0) is 26.0 Å². The maximum absolute atomic E-state index is 13.9. The van der Waals surface area contributed by atoms with E-state index >= 15 is 0 Å². The predicted molar refractivity (Wildman–Crippen MR) is 233 cm³/mol. The molecule has 0 fully saturated rings. The van der Waals surface area contributed by atoms with E-state index in [2.05, 4.69) is 75.7 Å². The van der Waals surface area contributed by atoms with Crippen molar-refractivity contribution in [2.45, 2.75) is 90.1 Å². The first kappa shape index (κ1) is 42.3. The first-order valence-electron chi connectivity index (χ1n) is 19.9. The molecule has 4 aromatic carbocycles. The Balaban J connectivity index is 1.04. The molecular formula is C46H55N5O6S. The Morgan fingerprint density at radius 1 is 0.897 bits per heavy atom. The van der Waals surface area contributed by atoms with Gasteiger partial charge in [0.25, 0.3) is 5.91 Å². The zero-order valence-corrected chi connectivity index (χ0v) is 35.3. The van der Waals surface area contributed by atoms with Crippen molar-refractivity contribution in [1.29, 1.82) is 0 Å².